The molecule has 0 aliphatic rings. The third-order valence-corrected chi connectivity index (χ3v) is 3.51. The normalized spacial score (nSPS) is 13.1. The summed E-state index contributed by atoms with van der Waals surface area (Å²) in [5, 5.41) is 0. The van der Waals surface area contributed by atoms with Gasteiger partial charge in [0, 0.05) is 6.26 Å². The molecule has 0 N–H and O–H groups in total. The summed E-state index contributed by atoms with van der Waals surface area (Å²) in [6.07, 6.45) is -3.62. The molecule has 0 atom stereocenters. The van der Waals surface area contributed by atoms with Crippen molar-refractivity contribution in [2.75, 3.05) is 6.26 Å². The lowest BCUT2D eigenvalue weighted by molar-refractivity contribution is -0.137. The highest BCUT2D eigenvalue weighted by molar-refractivity contribution is 7.90. The number of rotatable bonds is 2. The van der Waals surface area contributed by atoms with Gasteiger partial charge in [-0.3, -0.25) is 0 Å². The zero-order valence-corrected chi connectivity index (χ0v) is 10.5. The van der Waals surface area contributed by atoms with Crippen LogP contribution in [0.4, 0.5) is 13.2 Å². The van der Waals surface area contributed by atoms with Crippen molar-refractivity contribution < 1.29 is 21.6 Å². The largest absolute Gasteiger partial charge is 0.416 e. The van der Waals surface area contributed by atoms with Gasteiger partial charge in [-0.2, -0.15) is 13.2 Å². The SMILES string of the molecule is CC(C)c1ccc(C(F)(F)F)cc1S(C)(=O)=O. The zero-order chi connectivity index (χ0) is 13.4. The molecule has 96 valence electrons. The number of halogens is 3. The van der Waals surface area contributed by atoms with Gasteiger partial charge in [-0.15, -0.1) is 0 Å². The number of hydrogen-bond donors (Lipinski definition) is 0. The second kappa shape index (κ2) is 4.33. The van der Waals surface area contributed by atoms with Gasteiger partial charge in [-0.1, -0.05) is 19.9 Å². The van der Waals surface area contributed by atoms with Crippen LogP contribution in [0.25, 0.3) is 0 Å². The van der Waals surface area contributed by atoms with Crippen LogP contribution in [-0.2, 0) is 16.0 Å². The van der Waals surface area contributed by atoms with Crippen molar-refractivity contribution in [1.29, 1.82) is 0 Å². The molecule has 0 amide bonds. The molecule has 2 nitrogen and oxygen atoms in total. The fourth-order valence-corrected chi connectivity index (χ4v) is 2.58. The lowest BCUT2D eigenvalue weighted by Gasteiger charge is -2.14. The summed E-state index contributed by atoms with van der Waals surface area (Å²) in [5.74, 6) is -0.151. The van der Waals surface area contributed by atoms with E-state index in [2.05, 4.69) is 0 Å². The topological polar surface area (TPSA) is 34.1 Å². The molecule has 0 saturated carbocycles. The molecule has 0 aliphatic carbocycles. The lowest BCUT2D eigenvalue weighted by Crippen LogP contribution is -2.10. The molecule has 0 radical (unpaired) electrons. The van der Waals surface area contributed by atoms with Crippen LogP contribution in [0.2, 0.25) is 0 Å². The van der Waals surface area contributed by atoms with Gasteiger partial charge in [0.25, 0.3) is 0 Å². The Bertz CT molecular complexity index is 516. The van der Waals surface area contributed by atoms with Crippen molar-refractivity contribution in [3.8, 4) is 0 Å². The predicted molar refractivity (Wildman–Crippen MR) is 58.6 cm³/mol. The fraction of sp³-hybridized carbons (Fsp3) is 0.455. The van der Waals surface area contributed by atoms with Crippen molar-refractivity contribution in [3.63, 3.8) is 0 Å². The van der Waals surface area contributed by atoms with Crippen LogP contribution < -0.4 is 0 Å². The quantitative estimate of drug-likeness (QED) is 0.823. The van der Waals surface area contributed by atoms with Gasteiger partial charge in [-0.05, 0) is 23.6 Å². The Morgan fingerprint density at radius 2 is 1.71 bits per heavy atom. The Balaban J connectivity index is 3.52. The average molecular weight is 266 g/mol. The molecule has 0 bridgehead atoms. The number of alkyl halides is 3. The summed E-state index contributed by atoms with van der Waals surface area (Å²) >= 11 is 0. The van der Waals surface area contributed by atoms with E-state index in [0.717, 1.165) is 12.3 Å². The van der Waals surface area contributed by atoms with Gasteiger partial charge in [0.05, 0.1) is 10.5 Å². The van der Waals surface area contributed by atoms with Gasteiger partial charge in [-0.25, -0.2) is 8.42 Å². The molecule has 1 aromatic carbocycles. The summed E-state index contributed by atoms with van der Waals surface area (Å²) in [5.41, 5.74) is -0.539. The number of sulfone groups is 1. The first-order chi connectivity index (χ1) is 7.53. The highest BCUT2D eigenvalue weighted by Crippen LogP contribution is 2.33. The Morgan fingerprint density at radius 1 is 1.18 bits per heavy atom. The minimum Gasteiger partial charge on any atom is -0.224 e. The highest BCUT2D eigenvalue weighted by atomic mass is 32.2. The summed E-state index contributed by atoms with van der Waals surface area (Å²) in [4.78, 5) is -0.248. The molecule has 0 heterocycles. The summed E-state index contributed by atoms with van der Waals surface area (Å²) in [6, 6.07) is 2.83. The minimum atomic E-state index is -4.53. The molecule has 1 rings (SSSR count). The van der Waals surface area contributed by atoms with E-state index in [1.807, 2.05) is 0 Å². The average Bonchev–Trinajstić information content (AvgIpc) is 2.14. The third-order valence-electron chi connectivity index (χ3n) is 2.36. The first-order valence-electron chi connectivity index (χ1n) is 4.94. The molecule has 0 spiro atoms. The van der Waals surface area contributed by atoms with E-state index in [9.17, 15) is 21.6 Å². The maximum Gasteiger partial charge on any atom is 0.416 e. The lowest BCUT2D eigenvalue weighted by atomic mass is 10.0. The van der Waals surface area contributed by atoms with Crippen molar-refractivity contribution in [1.82, 2.24) is 0 Å². The zero-order valence-electron chi connectivity index (χ0n) is 9.67. The third kappa shape index (κ3) is 3.21. The van der Waals surface area contributed by atoms with E-state index in [0.29, 0.717) is 11.6 Å². The van der Waals surface area contributed by atoms with Crippen LogP contribution in [0.15, 0.2) is 23.1 Å². The van der Waals surface area contributed by atoms with Gasteiger partial charge in [0.15, 0.2) is 9.84 Å². The number of hydrogen-bond acceptors (Lipinski definition) is 2. The maximum absolute atomic E-state index is 12.5. The molecule has 0 unspecified atom stereocenters. The second-order valence-electron chi connectivity index (χ2n) is 4.18. The molecule has 1 aromatic rings. The Labute approximate surface area is 98.4 Å². The highest BCUT2D eigenvalue weighted by Gasteiger charge is 2.32. The molecule has 0 saturated heterocycles. The van der Waals surface area contributed by atoms with Crippen molar-refractivity contribution in [2.45, 2.75) is 30.8 Å². The van der Waals surface area contributed by atoms with Gasteiger partial charge in [0.1, 0.15) is 0 Å². The summed E-state index contributed by atoms with van der Waals surface area (Å²) in [7, 11) is -3.66. The van der Waals surface area contributed by atoms with Crippen LogP contribution in [0.5, 0.6) is 0 Å². The standard InChI is InChI=1S/C11H13F3O2S/c1-7(2)9-5-4-8(11(12,13)14)6-10(9)17(3,15)16/h4-7H,1-3H3. The fourth-order valence-electron chi connectivity index (χ4n) is 1.51. The van der Waals surface area contributed by atoms with Crippen LogP contribution in [0, 0.1) is 0 Å². The second-order valence-corrected chi connectivity index (χ2v) is 6.16. The van der Waals surface area contributed by atoms with Gasteiger partial charge >= 0.3 is 6.18 Å². The van der Waals surface area contributed by atoms with E-state index in [-0.39, 0.29) is 10.8 Å². The molecule has 0 fully saturated rings. The summed E-state index contributed by atoms with van der Waals surface area (Å²) < 4.78 is 60.4. The molecule has 0 aromatic heterocycles. The maximum atomic E-state index is 12.5. The van der Waals surface area contributed by atoms with E-state index in [1.54, 1.807) is 13.8 Å². The van der Waals surface area contributed by atoms with Crippen molar-refractivity contribution in [2.24, 2.45) is 0 Å². The van der Waals surface area contributed by atoms with E-state index in [4.69, 9.17) is 0 Å². The number of benzene rings is 1. The van der Waals surface area contributed by atoms with E-state index < -0.39 is 21.6 Å². The van der Waals surface area contributed by atoms with Crippen LogP contribution in [0.3, 0.4) is 0 Å². The first kappa shape index (κ1) is 14.0. The van der Waals surface area contributed by atoms with E-state index in [1.165, 1.54) is 6.07 Å². The smallest absolute Gasteiger partial charge is 0.224 e. The molecule has 6 heteroatoms. The van der Waals surface area contributed by atoms with Crippen LogP contribution in [0.1, 0.15) is 30.9 Å². The van der Waals surface area contributed by atoms with E-state index >= 15 is 0 Å². The first-order valence-corrected chi connectivity index (χ1v) is 6.84. The van der Waals surface area contributed by atoms with Gasteiger partial charge < -0.3 is 0 Å². The van der Waals surface area contributed by atoms with Crippen LogP contribution >= 0.6 is 0 Å². The van der Waals surface area contributed by atoms with Crippen molar-refractivity contribution in [3.05, 3.63) is 29.3 Å². The minimum absolute atomic E-state index is 0.151. The van der Waals surface area contributed by atoms with Crippen molar-refractivity contribution >= 4 is 9.84 Å². The Kier molecular flexibility index (Phi) is 3.57. The molecular weight excluding hydrogens is 253 g/mol. The monoisotopic (exact) mass is 266 g/mol. The van der Waals surface area contributed by atoms with Gasteiger partial charge in [0.2, 0.25) is 0 Å². The van der Waals surface area contributed by atoms with Crippen LogP contribution in [-0.4, -0.2) is 14.7 Å². The Hall–Kier alpha value is -1.04. The Morgan fingerprint density at radius 3 is 2.06 bits per heavy atom. The molecular formula is C11H13F3O2S. The molecule has 17 heavy (non-hydrogen) atoms. The molecule has 0 aliphatic heterocycles. The summed E-state index contributed by atoms with van der Waals surface area (Å²) in [6.45, 7) is 3.47. The predicted octanol–water partition coefficient (Wildman–Crippen LogP) is 3.23.